The zero-order valence-electron chi connectivity index (χ0n) is 26.0. The van der Waals surface area contributed by atoms with E-state index in [1.165, 1.54) is 20.7 Å². The molecule has 3 nitrogen and oxygen atoms in total. The summed E-state index contributed by atoms with van der Waals surface area (Å²) in [5, 5.41) is 15.7. The van der Waals surface area contributed by atoms with E-state index in [2.05, 4.69) is 140 Å². The van der Waals surface area contributed by atoms with E-state index in [-0.39, 0.29) is 6.71 Å². The number of ether oxygens (including phenoxy) is 2. The van der Waals surface area contributed by atoms with Crippen molar-refractivity contribution >= 4 is 51.9 Å². The van der Waals surface area contributed by atoms with Gasteiger partial charge in [0.2, 0.25) is 0 Å². The molecule has 2 heterocycles. The normalized spacial score (nSPS) is 12.4. The fourth-order valence-corrected chi connectivity index (χ4v) is 12.5. The van der Waals surface area contributed by atoms with Gasteiger partial charge in [-0.1, -0.05) is 146 Å². The summed E-state index contributed by atoms with van der Waals surface area (Å²) in [6.45, 7) is -0.0778. The zero-order chi connectivity index (χ0) is 32.1. The lowest BCUT2D eigenvalue weighted by Crippen LogP contribution is -2.74. The topological polar surface area (TPSA) is 42.2 Å². The van der Waals surface area contributed by atoms with Crippen molar-refractivity contribution < 1.29 is 9.47 Å². The molecule has 0 radical (unpaired) electrons. The van der Waals surface area contributed by atoms with Crippen LogP contribution >= 0.6 is 0 Å². The summed E-state index contributed by atoms with van der Waals surface area (Å²) in [5.74, 6) is 3.12. The Balaban J connectivity index is 1.28. The highest BCUT2D eigenvalue weighted by atomic mass is 28.3. The first-order chi connectivity index (χ1) is 23.8. The van der Waals surface area contributed by atoms with Crippen LogP contribution in [0.3, 0.4) is 0 Å². The summed E-state index contributed by atoms with van der Waals surface area (Å²) < 4.78 is 12.9. The van der Waals surface area contributed by atoms with Crippen LogP contribution in [0.1, 0.15) is 5.56 Å². The van der Waals surface area contributed by atoms with Crippen LogP contribution in [-0.2, 0) is 0 Å². The van der Waals surface area contributed by atoms with Crippen LogP contribution in [0.4, 0.5) is 0 Å². The molecule has 0 fully saturated rings. The fourth-order valence-electron chi connectivity index (χ4n) is 7.74. The van der Waals surface area contributed by atoms with Crippen LogP contribution in [0.25, 0.3) is 11.1 Å². The van der Waals surface area contributed by atoms with Crippen LogP contribution in [0.5, 0.6) is 23.0 Å². The maximum atomic E-state index is 10.6. The van der Waals surface area contributed by atoms with E-state index >= 15 is 0 Å². The number of nitriles is 1. The van der Waals surface area contributed by atoms with Gasteiger partial charge in [-0.15, -0.1) is 0 Å². The largest absolute Gasteiger partial charge is 0.458 e. The molecular weight excluding hydrogens is 601 g/mol. The van der Waals surface area contributed by atoms with Gasteiger partial charge < -0.3 is 9.47 Å². The van der Waals surface area contributed by atoms with Crippen molar-refractivity contribution in [3.8, 4) is 40.2 Å². The molecule has 0 aromatic heterocycles. The third kappa shape index (κ3) is 4.27. The Kier molecular flexibility index (Phi) is 6.63. The number of nitrogens with zero attached hydrogens (tertiary/aromatic N) is 1. The number of benzene rings is 7. The molecule has 0 unspecified atom stereocenters. The summed E-state index contributed by atoms with van der Waals surface area (Å²) in [7, 11) is -2.76. The van der Waals surface area contributed by atoms with Gasteiger partial charge in [0.15, 0.2) is 8.07 Å². The van der Waals surface area contributed by atoms with Crippen molar-refractivity contribution in [1.29, 1.82) is 5.26 Å². The van der Waals surface area contributed by atoms with Crippen molar-refractivity contribution in [2.24, 2.45) is 0 Å². The average Bonchev–Trinajstić information content (AvgIpc) is 3.16. The summed E-state index contributed by atoms with van der Waals surface area (Å²) >= 11 is 0. The number of rotatable bonds is 5. The molecule has 5 heteroatoms. The van der Waals surface area contributed by atoms with Crippen LogP contribution < -0.4 is 46.6 Å². The number of para-hydroxylation sites is 1. The second-order valence-corrected chi connectivity index (χ2v) is 16.1. The first-order valence-electron chi connectivity index (χ1n) is 16.2. The van der Waals surface area contributed by atoms with Crippen molar-refractivity contribution in [2.45, 2.75) is 0 Å². The average molecular weight is 630 g/mol. The summed E-state index contributed by atoms with van der Waals surface area (Å²) in [4.78, 5) is 0. The molecule has 9 rings (SSSR count). The number of hydrogen-bond donors (Lipinski definition) is 0. The fraction of sp³-hybridized carbons (Fsp3) is 0. The van der Waals surface area contributed by atoms with Crippen LogP contribution in [-0.4, -0.2) is 14.8 Å². The molecule has 0 saturated carbocycles. The van der Waals surface area contributed by atoms with E-state index in [1.807, 2.05) is 36.4 Å². The highest BCUT2D eigenvalue weighted by Crippen LogP contribution is 2.36. The zero-order valence-corrected chi connectivity index (χ0v) is 27.0. The molecular formula is C43H28BNO2Si. The van der Waals surface area contributed by atoms with Gasteiger partial charge in [-0.25, -0.2) is 0 Å². The van der Waals surface area contributed by atoms with Gasteiger partial charge in [-0.3, -0.25) is 0 Å². The first-order valence-corrected chi connectivity index (χ1v) is 18.2. The molecule has 7 aromatic carbocycles. The maximum absolute atomic E-state index is 10.6. The van der Waals surface area contributed by atoms with E-state index < -0.39 is 8.07 Å². The molecule has 2 aliphatic rings. The number of hydrogen-bond acceptors (Lipinski definition) is 3. The molecule has 0 amide bonds. The second-order valence-electron chi connectivity index (χ2n) is 12.3. The van der Waals surface area contributed by atoms with E-state index in [1.54, 1.807) is 0 Å². The lowest BCUT2D eigenvalue weighted by Gasteiger charge is -2.35. The maximum Gasteiger partial charge on any atom is 0.260 e. The third-order valence-corrected chi connectivity index (χ3v) is 14.6. The quantitative estimate of drug-likeness (QED) is 0.191. The van der Waals surface area contributed by atoms with Gasteiger partial charge >= 0.3 is 0 Å². The van der Waals surface area contributed by atoms with Crippen LogP contribution in [0.2, 0.25) is 0 Å². The SMILES string of the molecule is N#Cc1cc2c(cc1-c1cccc([Si](c3ccccc3)(c3ccccc3)c3ccccc3)c1)B1c3ccccc3Oc3cccc(c31)O2. The highest BCUT2D eigenvalue weighted by molar-refractivity contribution is 7.19. The van der Waals surface area contributed by atoms with Crippen molar-refractivity contribution in [3.63, 3.8) is 0 Å². The van der Waals surface area contributed by atoms with Crippen molar-refractivity contribution in [3.05, 3.63) is 175 Å². The van der Waals surface area contributed by atoms with Gasteiger partial charge in [0.25, 0.3) is 6.71 Å². The van der Waals surface area contributed by atoms with E-state index in [4.69, 9.17) is 9.47 Å². The van der Waals surface area contributed by atoms with E-state index in [9.17, 15) is 5.26 Å². The minimum atomic E-state index is -2.76. The Morgan fingerprint density at radius 2 is 0.979 bits per heavy atom. The van der Waals surface area contributed by atoms with Gasteiger partial charge in [-0.2, -0.15) is 5.26 Å². The molecule has 48 heavy (non-hydrogen) atoms. The van der Waals surface area contributed by atoms with Crippen LogP contribution in [0.15, 0.2) is 170 Å². The molecule has 2 aliphatic heterocycles. The first kappa shape index (κ1) is 28.2. The highest BCUT2D eigenvalue weighted by Gasteiger charge is 2.42. The third-order valence-electron chi connectivity index (χ3n) is 9.79. The lowest BCUT2D eigenvalue weighted by atomic mass is 9.34. The van der Waals surface area contributed by atoms with Gasteiger partial charge in [-0.05, 0) is 67.1 Å². The van der Waals surface area contributed by atoms with E-state index in [0.717, 1.165) is 44.8 Å². The molecule has 7 aromatic rings. The Morgan fingerprint density at radius 1 is 0.458 bits per heavy atom. The summed E-state index contributed by atoms with van der Waals surface area (Å²) in [5.41, 5.74) is 5.63. The van der Waals surface area contributed by atoms with Crippen molar-refractivity contribution in [1.82, 2.24) is 0 Å². The van der Waals surface area contributed by atoms with Gasteiger partial charge in [0.05, 0.1) is 11.6 Å². The Morgan fingerprint density at radius 3 is 1.60 bits per heavy atom. The number of fused-ring (bicyclic) bond motifs is 4. The molecule has 0 N–H and O–H groups in total. The summed E-state index contributed by atoms with van der Waals surface area (Å²) in [6.07, 6.45) is 0. The molecule has 0 spiro atoms. The lowest BCUT2D eigenvalue weighted by molar-refractivity contribution is 0.464. The van der Waals surface area contributed by atoms with Gasteiger partial charge in [0, 0.05) is 5.46 Å². The van der Waals surface area contributed by atoms with Crippen molar-refractivity contribution in [2.75, 3.05) is 0 Å². The Bertz CT molecular complexity index is 2270. The summed E-state index contributed by atoms with van der Waals surface area (Å²) in [6, 6.07) is 62.4. The minimum Gasteiger partial charge on any atom is -0.458 e. The predicted octanol–water partition coefficient (Wildman–Crippen LogP) is 5.33. The molecule has 0 aliphatic carbocycles. The standard InChI is InChI=1S/C43H28BNO2Si/c45-29-31-27-42-38(44-37-22-10-11-23-39(37)46-40-24-13-25-41(47-42)43(40)44)28-36(31)30-14-12-21-35(26-30)48(32-15-4-1-5-16-32,33-17-6-2-7-18-33)34-19-8-3-9-20-34/h1-28H. The molecule has 0 bridgehead atoms. The minimum absolute atomic E-state index is 0.0778. The van der Waals surface area contributed by atoms with Gasteiger partial charge in [0.1, 0.15) is 23.0 Å². The molecule has 0 saturated heterocycles. The predicted molar refractivity (Wildman–Crippen MR) is 198 cm³/mol. The smallest absolute Gasteiger partial charge is 0.260 e. The van der Waals surface area contributed by atoms with Crippen LogP contribution in [0, 0.1) is 11.3 Å². The Hall–Kier alpha value is -6.09. The Labute approximate surface area is 281 Å². The second kappa shape index (κ2) is 11.3. The van der Waals surface area contributed by atoms with E-state index in [0.29, 0.717) is 11.3 Å². The monoisotopic (exact) mass is 629 g/mol. The molecule has 0 atom stereocenters. The molecule has 224 valence electrons.